The molecule has 0 atom stereocenters. The van der Waals surface area contributed by atoms with Crippen LogP contribution in [-0.2, 0) is 4.74 Å². The Morgan fingerprint density at radius 1 is 1.32 bits per heavy atom. The van der Waals surface area contributed by atoms with Crippen LogP contribution >= 0.6 is 12.4 Å². The molecule has 2 aromatic rings. The number of fused-ring (bicyclic) bond motifs is 1. The average molecular weight is 285 g/mol. The summed E-state index contributed by atoms with van der Waals surface area (Å²) in [6.45, 7) is 0.888. The molecule has 19 heavy (non-hydrogen) atoms. The molecule has 0 aliphatic carbocycles. The molecule has 0 radical (unpaired) electrons. The monoisotopic (exact) mass is 284 g/mol. The predicted octanol–water partition coefficient (Wildman–Crippen LogP) is 2.28. The van der Waals surface area contributed by atoms with Crippen LogP contribution in [0, 0.1) is 0 Å². The zero-order chi connectivity index (χ0) is 13.0. The number of hydrogen-bond acceptors (Lipinski definition) is 3. The number of carbonyl (C=O) groups excluding carboxylic acids is 1. The van der Waals surface area contributed by atoms with Crippen molar-refractivity contribution in [1.29, 1.82) is 0 Å². The number of methoxy groups -OCH3 is 1. The number of hydrogen-bond donors (Lipinski definition) is 1. The zero-order valence-electron chi connectivity index (χ0n) is 10.9. The number of para-hydroxylation sites is 1. The summed E-state index contributed by atoms with van der Waals surface area (Å²) in [5.74, 6) is 0.521. The van der Waals surface area contributed by atoms with Gasteiger partial charge in [-0.25, -0.2) is 9.36 Å². The highest BCUT2D eigenvalue weighted by molar-refractivity contribution is 5.93. The molecular weight excluding hydrogens is 268 g/mol. The van der Waals surface area contributed by atoms with Gasteiger partial charge in [0.05, 0.1) is 12.1 Å². The number of halogens is 1. The van der Waals surface area contributed by atoms with E-state index in [1.54, 1.807) is 14.2 Å². The summed E-state index contributed by atoms with van der Waals surface area (Å²) in [5, 5.41) is 3.57. The molecular formula is C13H17ClN2O3. The molecule has 1 aromatic heterocycles. The minimum Gasteiger partial charge on any atom is -0.476 e. The smallest absolute Gasteiger partial charge is 0.328 e. The topological polar surface area (TPSA) is 52.5 Å². The molecule has 1 aromatic carbocycles. The van der Waals surface area contributed by atoms with Gasteiger partial charge in [0.1, 0.15) is 6.61 Å². The second-order valence-corrected chi connectivity index (χ2v) is 3.77. The first-order valence-corrected chi connectivity index (χ1v) is 5.72. The number of benzene rings is 1. The summed E-state index contributed by atoms with van der Waals surface area (Å²) in [6, 6.07) is 9.27. The molecule has 0 saturated carbocycles. The van der Waals surface area contributed by atoms with Gasteiger partial charge >= 0.3 is 6.03 Å². The quantitative estimate of drug-likeness (QED) is 0.877. The van der Waals surface area contributed by atoms with Crippen LogP contribution in [0.2, 0.25) is 0 Å². The number of rotatable bonds is 4. The van der Waals surface area contributed by atoms with Gasteiger partial charge in [0.25, 0.3) is 0 Å². The maximum Gasteiger partial charge on any atom is 0.328 e. The number of nitrogens with zero attached hydrogens (tertiary/aromatic N) is 1. The van der Waals surface area contributed by atoms with Crippen LogP contribution in [0.3, 0.4) is 0 Å². The van der Waals surface area contributed by atoms with E-state index in [0.29, 0.717) is 19.1 Å². The van der Waals surface area contributed by atoms with Gasteiger partial charge in [-0.15, -0.1) is 12.4 Å². The fraction of sp³-hybridized carbons (Fsp3) is 0.308. The fourth-order valence-electron chi connectivity index (χ4n) is 1.79. The highest BCUT2D eigenvalue weighted by Gasteiger charge is 2.14. The van der Waals surface area contributed by atoms with Gasteiger partial charge in [0.15, 0.2) is 0 Å². The van der Waals surface area contributed by atoms with E-state index in [4.69, 9.17) is 9.47 Å². The normalized spacial score (nSPS) is 10.0. The number of aromatic nitrogens is 1. The minimum atomic E-state index is -0.219. The van der Waals surface area contributed by atoms with Gasteiger partial charge < -0.3 is 14.8 Å². The lowest BCUT2D eigenvalue weighted by atomic mass is 10.2. The van der Waals surface area contributed by atoms with Crippen LogP contribution in [0.1, 0.15) is 0 Å². The fourth-order valence-corrected chi connectivity index (χ4v) is 1.79. The Balaban J connectivity index is 0.00000180. The van der Waals surface area contributed by atoms with Crippen molar-refractivity contribution in [2.24, 2.45) is 0 Å². The zero-order valence-corrected chi connectivity index (χ0v) is 11.7. The SMILES string of the molecule is CNC(=O)n1c(OCCOC)cc2ccccc21.Cl. The van der Waals surface area contributed by atoms with E-state index in [1.807, 2.05) is 30.3 Å². The Morgan fingerprint density at radius 2 is 2.05 bits per heavy atom. The standard InChI is InChI=1S/C13H16N2O3.ClH/c1-14-13(16)15-11-6-4-3-5-10(11)9-12(15)18-8-7-17-2;/h3-6,9H,7-8H2,1-2H3,(H,14,16);1H. The molecule has 1 N–H and O–H groups in total. The van der Waals surface area contributed by atoms with Crippen LogP contribution in [0.5, 0.6) is 5.88 Å². The number of amides is 1. The van der Waals surface area contributed by atoms with Crippen molar-refractivity contribution in [2.45, 2.75) is 0 Å². The second kappa shape index (κ2) is 7.01. The van der Waals surface area contributed by atoms with Gasteiger partial charge in [-0.1, -0.05) is 18.2 Å². The third-order valence-corrected chi connectivity index (χ3v) is 2.63. The molecule has 0 fully saturated rings. The summed E-state index contributed by atoms with van der Waals surface area (Å²) >= 11 is 0. The third kappa shape index (κ3) is 3.19. The molecule has 2 rings (SSSR count). The van der Waals surface area contributed by atoms with E-state index in [0.717, 1.165) is 10.9 Å². The lowest BCUT2D eigenvalue weighted by Gasteiger charge is -2.09. The van der Waals surface area contributed by atoms with Crippen molar-refractivity contribution in [2.75, 3.05) is 27.4 Å². The Labute approximate surface area is 117 Å². The Morgan fingerprint density at radius 3 is 2.74 bits per heavy atom. The molecule has 0 spiro atoms. The van der Waals surface area contributed by atoms with E-state index in [9.17, 15) is 4.79 Å². The third-order valence-electron chi connectivity index (χ3n) is 2.63. The van der Waals surface area contributed by atoms with E-state index in [2.05, 4.69) is 5.32 Å². The second-order valence-electron chi connectivity index (χ2n) is 3.77. The summed E-state index contributed by atoms with van der Waals surface area (Å²) in [4.78, 5) is 11.9. The molecule has 1 heterocycles. The molecule has 0 unspecified atom stereocenters. The number of nitrogens with one attached hydrogen (secondary N) is 1. The highest BCUT2D eigenvalue weighted by atomic mass is 35.5. The molecule has 1 amide bonds. The van der Waals surface area contributed by atoms with Crippen LogP contribution in [0.15, 0.2) is 30.3 Å². The maximum atomic E-state index is 11.9. The largest absolute Gasteiger partial charge is 0.476 e. The first-order valence-electron chi connectivity index (χ1n) is 5.72. The van der Waals surface area contributed by atoms with Crippen LogP contribution in [-0.4, -0.2) is 38.0 Å². The van der Waals surface area contributed by atoms with Gasteiger partial charge in [-0.2, -0.15) is 0 Å². The van der Waals surface area contributed by atoms with Crippen molar-refractivity contribution < 1.29 is 14.3 Å². The van der Waals surface area contributed by atoms with Crippen LogP contribution < -0.4 is 10.1 Å². The number of carbonyl (C=O) groups is 1. The molecule has 0 saturated heterocycles. The van der Waals surface area contributed by atoms with E-state index < -0.39 is 0 Å². The molecule has 0 aliphatic heterocycles. The minimum absolute atomic E-state index is 0. The lowest BCUT2D eigenvalue weighted by molar-refractivity contribution is 0.142. The summed E-state index contributed by atoms with van der Waals surface area (Å²) in [5.41, 5.74) is 0.823. The maximum absolute atomic E-state index is 11.9. The van der Waals surface area contributed by atoms with E-state index in [-0.39, 0.29) is 18.4 Å². The van der Waals surface area contributed by atoms with Crippen LogP contribution in [0.4, 0.5) is 4.79 Å². The molecule has 0 bridgehead atoms. The average Bonchev–Trinajstić information content (AvgIpc) is 2.76. The Kier molecular flexibility index (Phi) is 5.66. The van der Waals surface area contributed by atoms with E-state index in [1.165, 1.54) is 4.57 Å². The van der Waals surface area contributed by atoms with Crippen molar-refractivity contribution >= 4 is 29.3 Å². The lowest BCUT2D eigenvalue weighted by Crippen LogP contribution is -2.25. The summed E-state index contributed by atoms with van der Waals surface area (Å²) in [6.07, 6.45) is 0. The summed E-state index contributed by atoms with van der Waals surface area (Å²) < 4.78 is 12.0. The van der Waals surface area contributed by atoms with Crippen molar-refractivity contribution in [1.82, 2.24) is 9.88 Å². The molecule has 6 heteroatoms. The Hall–Kier alpha value is -1.72. The summed E-state index contributed by atoms with van der Waals surface area (Å²) in [7, 11) is 3.20. The van der Waals surface area contributed by atoms with Crippen LogP contribution in [0.25, 0.3) is 10.9 Å². The highest BCUT2D eigenvalue weighted by Crippen LogP contribution is 2.25. The Bertz CT molecular complexity index is 554. The van der Waals surface area contributed by atoms with Gasteiger partial charge in [-0.05, 0) is 6.07 Å². The van der Waals surface area contributed by atoms with Gasteiger partial charge in [-0.3, -0.25) is 0 Å². The molecule has 104 valence electrons. The predicted molar refractivity (Wildman–Crippen MR) is 76.4 cm³/mol. The first-order chi connectivity index (χ1) is 8.77. The molecule has 0 aliphatic rings. The van der Waals surface area contributed by atoms with Crippen molar-refractivity contribution in [3.05, 3.63) is 30.3 Å². The van der Waals surface area contributed by atoms with Gasteiger partial charge in [0.2, 0.25) is 5.88 Å². The van der Waals surface area contributed by atoms with Crippen molar-refractivity contribution in [3.63, 3.8) is 0 Å². The van der Waals surface area contributed by atoms with Crippen molar-refractivity contribution in [3.8, 4) is 5.88 Å². The molecule has 5 nitrogen and oxygen atoms in total. The van der Waals surface area contributed by atoms with Gasteiger partial charge in [0, 0.05) is 25.6 Å². The van der Waals surface area contributed by atoms with E-state index >= 15 is 0 Å². The first kappa shape index (κ1) is 15.3. The number of ether oxygens (including phenoxy) is 2.